The number of fused-ring (bicyclic) bond motifs is 2. The van der Waals surface area contributed by atoms with Crippen molar-refractivity contribution in [3.8, 4) is 5.75 Å². The van der Waals surface area contributed by atoms with Crippen molar-refractivity contribution in [3.63, 3.8) is 0 Å². The topological polar surface area (TPSA) is 192 Å². The number of aryl methyl sites for hydroxylation is 1. The van der Waals surface area contributed by atoms with Gasteiger partial charge in [-0.05, 0) is 79.6 Å². The maximum atomic E-state index is 15.4. The third-order valence-electron chi connectivity index (χ3n) is 9.43. The highest BCUT2D eigenvalue weighted by molar-refractivity contribution is 7.92. The number of aromatic hydroxyl groups is 1. The second kappa shape index (κ2) is 12.0. The van der Waals surface area contributed by atoms with Gasteiger partial charge in [-0.25, -0.2) is 18.2 Å². The van der Waals surface area contributed by atoms with Crippen LogP contribution in [0.15, 0.2) is 47.3 Å². The number of hydrogen-bond acceptors (Lipinski definition) is 9. The van der Waals surface area contributed by atoms with Crippen LogP contribution in [0.2, 0.25) is 0 Å². The molecule has 1 unspecified atom stereocenters. The molecule has 256 valence electrons. The lowest BCUT2D eigenvalue weighted by molar-refractivity contribution is -0.135. The van der Waals surface area contributed by atoms with Crippen molar-refractivity contribution in [2.45, 2.75) is 37.6 Å². The molecule has 3 aliphatic rings. The molecule has 3 fully saturated rings. The number of rotatable bonds is 6. The van der Waals surface area contributed by atoms with E-state index >= 15 is 4.39 Å². The lowest BCUT2D eigenvalue weighted by Gasteiger charge is -2.32. The van der Waals surface area contributed by atoms with Crippen LogP contribution in [-0.2, 0) is 36.4 Å². The average molecular weight is 694 g/mol. The number of phenols is 1. The van der Waals surface area contributed by atoms with E-state index < -0.39 is 51.9 Å². The predicted molar refractivity (Wildman–Crippen MR) is 176 cm³/mol. The summed E-state index contributed by atoms with van der Waals surface area (Å²) in [4.78, 5) is 64.3. The molecule has 7 rings (SSSR count). The third kappa shape index (κ3) is 5.67. The Morgan fingerprint density at radius 3 is 2.49 bits per heavy atom. The van der Waals surface area contributed by atoms with Gasteiger partial charge in [0.25, 0.3) is 5.91 Å². The van der Waals surface area contributed by atoms with Gasteiger partial charge in [0.2, 0.25) is 17.7 Å². The molecule has 15 nitrogen and oxygen atoms in total. The summed E-state index contributed by atoms with van der Waals surface area (Å²) in [5, 5.41) is 15.8. The molecule has 49 heavy (non-hydrogen) atoms. The average Bonchev–Trinajstić information content (AvgIpc) is 3.46. The summed E-state index contributed by atoms with van der Waals surface area (Å²) in [5.74, 6) is -3.61. The number of anilines is 2. The largest absolute Gasteiger partial charge is 0.506 e. The van der Waals surface area contributed by atoms with Crippen molar-refractivity contribution in [1.82, 2.24) is 24.1 Å². The number of hydrogen-bond donors (Lipinski definition) is 4. The Balaban J connectivity index is 1.02. The van der Waals surface area contributed by atoms with Crippen LogP contribution in [0.25, 0.3) is 21.8 Å². The van der Waals surface area contributed by atoms with Gasteiger partial charge < -0.3 is 10.4 Å². The van der Waals surface area contributed by atoms with E-state index in [2.05, 4.69) is 10.6 Å². The molecule has 3 saturated heterocycles. The molecule has 4 N–H and O–H groups in total. The normalized spacial score (nSPS) is 20.2. The number of imidazole rings is 1. The van der Waals surface area contributed by atoms with Crippen LogP contribution < -0.4 is 25.4 Å². The zero-order valence-electron chi connectivity index (χ0n) is 26.2. The first-order valence-corrected chi connectivity index (χ1v) is 17.1. The van der Waals surface area contributed by atoms with Crippen molar-refractivity contribution in [2.75, 3.05) is 35.8 Å². The number of carbonyl (C=O) groups excluding carboxylic acids is 4. The number of nitrogens with zero attached hydrogens (tertiary/aromatic N) is 4. The third-order valence-corrected chi connectivity index (χ3v) is 10.8. The maximum Gasteiger partial charge on any atom is 0.329 e. The number of aromatic nitrogens is 2. The summed E-state index contributed by atoms with van der Waals surface area (Å²) in [6.07, 6.45) is 1.84. The van der Waals surface area contributed by atoms with Crippen LogP contribution in [0.4, 0.5) is 15.8 Å². The fraction of sp³-hybridized carbons (Fsp3) is 0.344. The van der Waals surface area contributed by atoms with E-state index in [0.717, 1.165) is 23.9 Å². The number of halogens is 1. The van der Waals surface area contributed by atoms with Gasteiger partial charge in [-0.15, -0.1) is 0 Å². The molecule has 0 radical (unpaired) electrons. The lowest BCUT2D eigenvalue weighted by Crippen LogP contribution is -2.44. The molecular weight excluding hydrogens is 661 g/mol. The van der Waals surface area contributed by atoms with E-state index in [9.17, 15) is 37.5 Å². The minimum atomic E-state index is -4.35. The molecule has 1 atom stereocenters. The molecule has 4 heterocycles. The minimum Gasteiger partial charge on any atom is -0.506 e. The standard InChI is InChI=1S/C32H32FN7O8S/c1-37-29-21(3-2-4-22(29)40(32(37)46)23-7-8-25(42)35-31(23)45)17-9-11-38(12-10-17)15-26(43)34-19-5-6-20-18(13-19)14-24(41)30(28(20)33)39-16-27(44)36-49(39,47)48/h2-6,13-14,17,23,41H,7-12,15-16H2,1H3,(H,34,43)(H,36,44)(H,35,42,45). The van der Waals surface area contributed by atoms with Crippen LogP contribution in [0, 0.1) is 5.82 Å². The number of nitrogens with one attached hydrogen (secondary N) is 3. The molecule has 17 heteroatoms. The Kier molecular flexibility index (Phi) is 7.90. The van der Waals surface area contributed by atoms with Crippen LogP contribution in [0.5, 0.6) is 5.75 Å². The van der Waals surface area contributed by atoms with Crippen molar-refractivity contribution >= 4 is 67.0 Å². The van der Waals surface area contributed by atoms with E-state index in [0.29, 0.717) is 28.6 Å². The highest BCUT2D eigenvalue weighted by Crippen LogP contribution is 2.39. The number of likely N-dealkylation sites (tertiary alicyclic amines) is 1. The van der Waals surface area contributed by atoms with E-state index in [1.54, 1.807) is 16.3 Å². The SMILES string of the molecule is Cn1c(=O)n(C2CCC(=O)NC2=O)c2cccc(C3CCN(CC(=O)Nc4ccc5c(F)c(N6CC(=O)NS6(=O)=O)c(O)cc5c4)CC3)c21. The number of phenolic OH excluding ortho intramolecular Hbond substituents is 1. The van der Waals surface area contributed by atoms with Crippen molar-refractivity contribution in [1.29, 1.82) is 0 Å². The van der Waals surface area contributed by atoms with Crippen molar-refractivity contribution in [2.24, 2.45) is 7.05 Å². The van der Waals surface area contributed by atoms with Gasteiger partial charge >= 0.3 is 15.9 Å². The van der Waals surface area contributed by atoms with E-state index in [-0.39, 0.29) is 53.6 Å². The number of benzene rings is 3. The Labute approximate surface area is 278 Å². The van der Waals surface area contributed by atoms with Gasteiger partial charge in [-0.2, -0.15) is 8.42 Å². The second-order valence-corrected chi connectivity index (χ2v) is 14.1. The van der Waals surface area contributed by atoms with Gasteiger partial charge in [0.05, 0.1) is 17.6 Å². The fourth-order valence-electron chi connectivity index (χ4n) is 7.13. The summed E-state index contributed by atoms with van der Waals surface area (Å²) >= 11 is 0. The molecule has 4 amide bonds. The predicted octanol–water partition coefficient (Wildman–Crippen LogP) is 1.31. The minimum absolute atomic E-state index is 0.0117. The monoisotopic (exact) mass is 693 g/mol. The van der Waals surface area contributed by atoms with Crippen LogP contribution >= 0.6 is 0 Å². The Hall–Kier alpha value is -5.29. The molecular formula is C32H32FN7O8S. The van der Waals surface area contributed by atoms with Crippen molar-refractivity contribution in [3.05, 3.63) is 64.3 Å². The molecule has 0 spiro atoms. The van der Waals surface area contributed by atoms with Gasteiger partial charge in [0.15, 0.2) is 5.82 Å². The highest BCUT2D eigenvalue weighted by atomic mass is 32.2. The molecule has 0 saturated carbocycles. The Morgan fingerprint density at radius 1 is 1.04 bits per heavy atom. The van der Waals surface area contributed by atoms with Gasteiger partial charge in [-0.3, -0.25) is 38.5 Å². The van der Waals surface area contributed by atoms with Gasteiger partial charge in [0.1, 0.15) is 24.0 Å². The lowest BCUT2D eigenvalue weighted by atomic mass is 9.88. The zero-order chi connectivity index (χ0) is 34.8. The summed E-state index contributed by atoms with van der Waals surface area (Å²) in [6.45, 7) is 0.627. The molecule has 0 bridgehead atoms. The summed E-state index contributed by atoms with van der Waals surface area (Å²) in [5.41, 5.74) is 1.73. The number of para-hydroxylation sites is 1. The Bertz CT molecular complexity index is 2260. The first-order chi connectivity index (χ1) is 23.3. The highest BCUT2D eigenvalue weighted by Gasteiger charge is 2.38. The summed E-state index contributed by atoms with van der Waals surface area (Å²) in [6, 6.07) is 10.3. The van der Waals surface area contributed by atoms with Crippen LogP contribution in [0.1, 0.15) is 43.2 Å². The first kappa shape index (κ1) is 32.3. The van der Waals surface area contributed by atoms with E-state index in [1.807, 2.05) is 23.1 Å². The van der Waals surface area contributed by atoms with Gasteiger partial charge in [-0.1, -0.05) is 12.1 Å². The number of imide groups is 1. The molecule has 1 aromatic heterocycles. The van der Waals surface area contributed by atoms with Crippen LogP contribution in [-0.4, -0.2) is 77.4 Å². The van der Waals surface area contributed by atoms with Crippen molar-refractivity contribution < 1.29 is 37.1 Å². The molecule has 3 aromatic carbocycles. The maximum absolute atomic E-state index is 15.4. The first-order valence-electron chi connectivity index (χ1n) is 15.7. The smallest absolute Gasteiger partial charge is 0.329 e. The summed E-state index contributed by atoms with van der Waals surface area (Å²) in [7, 11) is -2.67. The number of piperidine rings is 2. The number of amides is 4. The zero-order valence-corrected chi connectivity index (χ0v) is 27.0. The van der Waals surface area contributed by atoms with Crippen LogP contribution in [0.3, 0.4) is 0 Å². The van der Waals surface area contributed by atoms with E-state index in [4.69, 9.17) is 0 Å². The quantitative estimate of drug-likeness (QED) is 0.216. The van der Waals surface area contributed by atoms with E-state index in [1.165, 1.54) is 28.8 Å². The molecule has 3 aliphatic heterocycles. The second-order valence-electron chi connectivity index (χ2n) is 12.5. The Morgan fingerprint density at radius 2 is 1.80 bits per heavy atom. The van der Waals surface area contributed by atoms with Gasteiger partial charge in [0, 0.05) is 24.5 Å². The fourth-order valence-corrected chi connectivity index (χ4v) is 8.30. The molecule has 4 aromatic rings. The molecule has 0 aliphatic carbocycles. The summed E-state index contributed by atoms with van der Waals surface area (Å²) < 4.78 is 45.1. The number of carbonyl (C=O) groups is 4.